The molecule has 6 nitrogen and oxygen atoms in total. The lowest BCUT2D eigenvalue weighted by molar-refractivity contribution is -0.139. The van der Waals surface area contributed by atoms with Crippen LogP contribution in [0, 0.1) is 6.92 Å². The summed E-state index contributed by atoms with van der Waals surface area (Å²) in [6.45, 7) is 9.41. The molecule has 0 atom stereocenters. The number of ether oxygens (including phenoxy) is 2. The van der Waals surface area contributed by atoms with E-state index < -0.39 is 35.9 Å². The largest absolute Gasteiger partial charge is 0.495 e. The zero-order valence-electron chi connectivity index (χ0n) is 18.8. The van der Waals surface area contributed by atoms with Gasteiger partial charge in [0, 0.05) is 0 Å². The van der Waals surface area contributed by atoms with Crippen LogP contribution in [0.4, 0.5) is 13.2 Å². The molecule has 3 rings (SSSR count). The number of aromatic nitrogens is 1. The van der Waals surface area contributed by atoms with Crippen LogP contribution in [0.5, 0.6) is 11.8 Å². The highest BCUT2D eigenvalue weighted by atomic mass is 19.4. The Morgan fingerprint density at radius 1 is 1.12 bits per heavy atom. The Kier molecular flexibility index (Phi) is 6.32. The van der Waals surface area contributed by atoms with Crippen molar-refractivity contribution >= 4 is 18.9 Å². The summed E-state index contributed by atoms with van der Waals surface area (Å²) in [5, 5.41) is 0. The van der Waals surface area contributed by atoms with Crippen molar-refractivity contribution in [3.63, 3.8) is 0 Å². The lowest BCUT2D eigenvalue weighted by Crippen LogP contribution is -2.41. The Bertz CT molecular complexity index is 1010. The van der Waals surface area contributed by atoms with Crippen molar-refractivity contribution in [1.29, 1.82) is 0 Å². The predicted molar refractivity (Wildman–Crippen MR) is 112 cm³/mol. The van der Waals surface area contributed by atoms with E-state index in [9.17, 15) is 18.0 Å². The summed E-state index contributed by atoms with van der Waals surface area (Å²) in [6, 6.07) is 6.03. The summed E-state index contributed by atoms with van der Waals surface area (Å²) in [5.41, 5.74) is -0.339. The quantitative estimate of drug-likeness (QED) is 0.487. The number of rotatable bonds is 6. The normalized spacial score (nSPS) is 17.3. The first-order valence-electron chi connectivity index (χ1n) is 9.99. The van der Waals surface area contributed by atoms with Gasteiger partial charge in [-0.05, 0) is 57.3 Å². The molecule has 2 heterocycles. The second-order valence-corrected chi connectivity index (χ2v) is 8.56. The highest BCUT2D eigenvalue weighted by Gasteiger charge is 2.52. The minimum Gasteiger partial charge on any atom is -0.480 e. The smallest absolute Gasteiger partial charge is 0.480 e. The number of hydrogen-bond donors (Lipinski definition) is 0. The lowest BCUT2D eigenvalue weighted by Gasteiger charge is -2.32. The lowest BCUT2D eigenvalue weighted by atomic mass is 9.75. The number of aldehydes is 1. The van der Waals surface area contributed by atoms with Crippen molar-refractivity contribution in [2.24, 2.45) is 0 Å². The maximum atomic E-state index is 13.5. The van der Waals surface area contributed by atoms with Crippen LogP contribution in [0.15, 0.2) is 24.3 Å². The molecule has 0 spiro atoms. The predicted octanol–water partition coefficient (Wildman–Crippen LogP) is 4.11. The average molecular weight is 451 g/mol. The highest BCUT2D eigenvalue weighted by molar-refractivity contribution is 6.62. The molecule has 1 saturated heterocycles. The third kappa shape index (κ3) is 4.47. The summed E-state index contributed by atoms with van der Waals surface area (Å²) in [4.78, 5) is 14.9. The molecular weight excluding hydrogens is 426 g/mol. The van der Waals surface area contributed by atoms with Gasteiger partial charge in [-0.15, -0.1) is 0 Å². The Hall–Kier alpha value is -2.59. The number of benzene rings is 1. The molecular formula is C22H25BF3NO5. The first-order valence-corrected chi connectivity index (χ1v) is 9.99. The number of nitrogens with zero attached hydrogens (tertiary/aromatic N) is 1. The van der Waals surface area contributed by atoms with Gasteiger partial charge in [0.05, 0.1) is 23.9 Å². The minimum absolute atomic E-state index is 0.182. The SMILES string of the molecule is COc1nc(OCc2cccc(B3OC(C)(C)C(C)(C)O3)c2C)c(C(F)(F)F)cc1C=O. The molecule has 1 aromatic heterocycles. The van der Waals surface area contributed by atoms with E-state index in [1.165, 1.54) is 7.11 Å². The molecule has 2 aromatic rings. The number of pyridine rings is 1. The van der Waals surface area contributed by atoms with Crippen LogP contribution < -0.4 is 14.9 Å². The fraction of sp³-hybridized carbons (Fsp3) is 0.455. The van der Waals surface area contributed by atoms with Crippen LogP contribution >= 0.6 is 0 Å². The topological polar surface area (TPSA) is 66.9 Å². The summed E-state index contributed by atoms with van der Waals surface area (Å²) in [6.07, 6.45) is -4.50. The fourth-order valence-electron chi connectivity index (χ4n) is 3.29. The Morgan fingerprint density at radius 3 is 2.28 bits per heavy atom. The van der Waals surface area contributed by atoms with E-state index in [1.54, 1.807) is 12.1 Å². The number of carbonyl (C=O) groups excluding carboxylic acids is 1. The van der Waals surface area contributed by atoms with E-state index in [2.05, 4.69) is 4.98 Å². The first-order chi connectivity index (χ1) is 14.8. The van der Waals surface area contributed by atoms with Gasteiger partial charge in [0.1, 0.15) is 12.2 Å². The Labute approximate surface area is 185 Å². The van der Waals surface area contributed by atoms with Crippen LogP contribution in [0.25, 0.3) is 0 Å². The molecule has 32 heavy (non-hydrogen) atoms. The number of hydrogen-bond acceptors (Lipinski definition) is 6. The molecule has 1 aliphatic rings. The molecule has 0 amide bonds. The second-order valence-electron chi connectivity index (χ2n) is 8.56. The molecule has 1 aliphatic heterocycles. The van der Waals surface area contributed by atoms with Crippen molar-refractivity contribution < 1.29 is 36.7 Å². The Balaban J connectivity index is 1.90. The van der Waals surface area contributed by atoms with Gasteiger partial charge in [-0.3, -0.25) is 4.79 Å². The van der Waals surface area contributed by atoms with Gasteiger partial charge in [-0.2, -0.15) is 18.2 Å². The molecule has 0 radical (unpaired) electrons. The van der Waals surface area contributed by atoms with Gasteiger partial charge in [0.2, 0.25) is 11.8 Å². The van der Waals surface area contributed by atoms with Gasteiger partial charge in [-0.1, -0.05) is 18.2 Å². The van der Waals surface area contributed by atoms with Gasteiger partial charge in [0.15, 0.2) is 6.29 Å². The third-order valence-corrected chi connectivity index (χ3v) is 5.97. The minimum atomic E-state index is -4.76. The van der Waals surface area contributed by atoms with Crippen molar-refractivity contribution in [2.75, 3.05) is 7.11 Å². The van der Waals surface area contributed by atoms with Gasteiger partial charge in [-0.25, -0.2) is 0 Å². The molecule has 1 fully saturated rings. The number of carbonyl (C=O) groups is 1. The van der Waals surface area contributed by atoms with Crippen LogP contribution in [0.2, 0.25) is 0 Å². The molecule has 172 valence electrons. The molecule has 1 aromatic carbocycles. The zero-order valence-corrected chi connectivity index (χ0v) is 18.8. The standard InChI is InChI=1S/C22H25BF3NO5/c1-13-14(8-7-9-17(13)23-31-20(2,3)21(4,5)32-23)12-30-19-16(22(24,25)26)10-15(11-28)18(27-19)29-6/h7-11H,12H2,1-6H3. The van der Waals surface area contributed by atoms with E-state index in [1.807, 2.05) is 40.7 Å². The van der Waals surface area contributed by atoms with Gasteiger partial charge in [0.25, 0.3) is 0 Å². The van der Waals surface area contributed by atoms with Gasteiger partial charge < -0.3 is 18.8 Å². The number of halogens is 3. The monoisotopic (exact) mass is 451 g/mol. The fourth-order valence-corrected chi connectivity index (χ4v) is 3.29. The van der Waals surface area contributed by atoms with Crippen LogP contribution in [-0.2, 0) is 22.1 Å². The van der Waals surface area contributed by atoms with E-state index >= 15 is 0 Å². The molecule has 0 bridgehead atoms. The number of alkyl halides is 3. The molecule has 0 N–H and O–H groups in total. The molecule has 0 aliphatic carbocycles. The van der Waals surface area contributed by atoms with Crippen LogP contribution in [-0.4, -0.2) is 36.7 Å². The van der Waals surface area contributed by atoms with Gasteiger partial charge >= 0.3 is 13.3 Å². The first kappa shape index (κ1) is 24.1. The van der Waals surface area contributed by atoms with Crippen LogP contribution in [0.1, 0.15) is 54.7 Å². The maximum absolute atomic E-state index is 13.5. The van der Waals surface area contributed by atoms with Crippen molar-refractivity contribution in [3.05, 3.63) is 46.5 Å². The zero-order chi connectivity index (χ0) is 23.9. The summed E-state index contributed by atoms with van der Waals surface area (Å²) in [7, 11) is 0.598. The van der Waals surface area contributed by atoms with Crippen molar-refractivity contribution in [3.8, 4) is 11.8 Å². The van der Waals surface area contributed by atoms with E-state index in [0.29, 0.717) is 11.6 Å². The second kappa shape index (κ2) is 8.40. The Morgan fingerprint density at radius 2 is 1.75 bits per heavy atom. The third-order valence-electron chi connectivity index (χ3n) is 5.97. The summed E-state index contributed by atoms with van der Waals surface area (Å²) >= 11 is 0. The molecule has 0 saturated carbocycles. The van der Waals surface area contributed by atoms with Crippen LogP contribution in [0.3, 0.4) is 0 Å². The molecule has 0 unspecified atom stereocenters. The maximum Gasteiger partial charge on any atom is 0.495 e. The highest BCUT2D eigenvalue weighted by Crippen LogP contribution is 2.39. The average Bonchev–Trinajstić information content (AvgIpc) is 2.92. The summed E-state index contributed by atoms with van der Waals surface area (Å²) in [5.74, 6) is -0.911. The van der Waals surface area contributed by atoms with E-state index in [-0.39, 0.29) is 24.3 Å². The summed E-state index contributed by atoms with van der Waals surface area (Å²) < 4.78 is 63.1. The number of methoxy groups -OCH3 is 1. The van der Waals surface area contributed by atoms with E-state index in [4.69, 9.17) is 18.8 Å². The van der Waals surface area contributed by atoms with E-state index in [0.717, 1.165) is 11.0 Å². The molecule has 10 heteroatoms. The van der Waals surface area contributed by atoms with Crippen molar-refractivity contribution in [2.45, 2.75) is 58.6 Å². The van der Waals surface area contributed by atoms with Crippen molar-refractivity contribution in [1.82, 2.24) is 4.98 Å².